The van der Waals surface area contributed by atoms with Gasteiger partial charge in [0, 0.05) is 18.5 Å². The van der Waals surface area contributed by atoms with Gasteiger partial charge in [-0.3, -0.25) is 0 Å². The lowest BCUT2D eigenvalue weighted by Gasteiger charge is -2.18. The predicted molar refractivity (Wildman–Crippen MR) is 71.0 cm³/mol. The Labute approximate surface area is 126 Å². The Bertz CT molecular complexity index is 732. The molecular formula is C14H11F6N3. The third-order valence-electron chi connectivity index (χ3n) is 3.68. The summed E-state index contributed by atoms with van der Waals surface area (Å²) in [4.78, 5) is 9.02. The average molecular weight is 335 g/mol. The molecule has 2 aromatic heterocycles. The van der Waals surface area contributed by atoms with Gasteiger partial charge in [0.25, 0.3) is 0 Å². The van der Waals surface area contributed by atoms with Gasteiger partial charge in [-0.05, 0) is 31.0 Å². The van der Waals surface area contributed by atoms with Gasteiger partial charge in [-0.2, -0.15) is 26.3 Å². The second-order valence-corrected chi connectivity index (χ2v) is 5.29. The van der Waals surface area contributed by atoms with Crippen LogP contribution in [0, 0.1) is 0 Å². The van der Waals surface area contributed by atoms with Crippen LogP contribution >= 0.6 is 0 Å². The van der Waals surface area contributed by atoms with Gasteiger partial charge in [0.15, 0.2) is 5.65 Å². The third kappa shape index (κ3) is 3.04. The molecule has 0 bridgehead atoms. The van der Waals surface area contributed by atoms with Crippen molar-refractivity contribution in [2.75, 3.05) is 18.0 Å². The van der Waals surface area contributed by atoms with Crippen molar-refractivity contribution in [3.63, 3.8) is 0 Å². The number of halogens is 6. The van der Waals surface area contributed by atoms with E-state index in [0.29, 0.717) is 18.9 Å². The summed E-state index contributed by atoms with van der Waals surface area (Å²) in [5.74, 6) is 0.343. The summed E-state index contributed by atoms with van der Waals surface area (Å²) in [7, 11) is 0. The van der Waals surface area contributed by atoms with E-state index in [1.54, 1.807) is 0 Å². The second-order valence-electron chi connectivity index (χ2n) is 5.29. The molecule has 1 fully saturated rings. The van der Waals surface area contributed by atoms with Crippen molar-refractivity contribution >= 4 is 16.9 Å². The molecule has 2 aromatic rings. The standard InChI is InChI=1S/C14H11F6N3/c15-13(16,17)9-7-10(14(18,19)20)21-12-8(9)3-4-11(22-12)23-5-1-2-6-23/h3-4,7H,1-2,5-6H2. The van der Waals surface area contributed by atoms with Crippen molar-refractivity contribution in [2.24, 2.45) is 0 Å². The highest BCUT2D eigenvalue weighted by Gasteiger charge is 2.39. The van der Waals surface area contributed by atoms with Gasteiger partial charge in [-0.15, -0.1) is 0 Å². The fourth-order valence-electron chi connectivity index (χ4n) is 2.60. The summed E-state index contributed by atoms with van der Waals surface area (Å²) >= 11 is 0. The van der Waals surface area contributed by atoms with Crippen molar-refractivity contribution in [3.05, 3.63) is 29.5 Å². The Kier molecular flexibility index (Phi) is 3.61. The number of rotatable bonds is 1. The van der Waals surface area contributed by atoms with Crippen LogP contribution in [0.15, 0.2) is 18.2 Å². The Morgan fingerprint density at radius 3 is 2.09 bits per heavy atom. The predicted octanol–water partition coefficient (Wildman–Crippen LogP) is 4.27. The lowest BCUT2D eigenvalue weighted by molar-refractivity contribution is -0.144. The molecule has 3 rings (SSSR count). The van der Waals surface area contributed by atoms with Crippen molar-refractivity contribution < 1.29 is 26.3 Å². The smallest absolute Gasteiger partial charge is 0.357 e. The van der Waals surface area contributed by atoms with E-state index >= 15 is 0 Å². The minimum absolute atomic E-state index is 0.0273. The van der Waals surface area contributed by atoms with Gasteiger partial charge in [0.1, 0.15) is 11.5 Å². The molecule has 3 heterocycles. The molecule has 23 heavy (non-hydrogen) atoms. The number of fused-ring (bicyclic) bond motifs is 1. The van der Waals surface area contributed by atoms with Crippen molar-refractivity contribution in [2.45, 2.75) is 25.2 Å². The highest BCUT2D eigenvalue weighted by Crippen LogP contribution is 2.38. The first-order valence-corrected chi connectivity index (χ1v) is 6.87. The molecule has 124 valence electrons. The largest absolute Gasteiger partial charge is 0.433 e. The van der Waals surface area contributed by atoms with Crippen molar-refractivity contribution in [1.82, 2.24) is 9.97 Å². The molecule has 0 aliphatic carbocycles. The number of hydrogen-bond acceptors (Lipinski definition) is 3. The molecule has 0 aromatic carbocycles. The molecule has 0 radical (unpaired) electrons. The quantitative estimate of drug-likeness (QED) is 0.729. The lowest BCUT2D eigenvalue weighted by atomic mass is 10.1. The zero-order chi connectivity index (χ0) is 16.8. The summed E-state index contributed by atoms with van der Waals surface area (Å²) < 4.78 is 77.6. The fourth-order valence-corrected chi connectivity index (χ4v) is 2.60. The van der Waals surface area contributed by atoms with Gasteiger partial charge in [-0.25, -0.2) is 9.97 Å². The van der Waals surface area contributed by atoms with Gasteiger partial charge in [-0.1, -0.05) is 0 Å². The summed E-state index contributed by atoms with van der Waals surface area (Å²) in [6, 6.07) is 2.54. The minimum Gasteiger partial charge on any atom is -0.357 e. The Morgan fingerprint density at radius 2 is 1.52 bits per heavy atom. The summed E-state index contributed by atoms with van der Waals surface area (Å²) in [5.41, 5.74) is -3.52. The number of anilines is 1. The van der Waals surface area contributed by atoms with E-state index in [2.05, 4.69) is 9.97 Å². The average Bonchev–Trinajstić information content (AvgIpc) is 2.97. The highest BCUT2D eigenvalue weighted by molar-refractivity contribution is 5.81. The van der Waals surface area contributed by atoms with E-state index in [1.165, 1.54) is 6.07 Å². The molecule has 0 saturated carbocycles. The molecule has 1 aliphatic heterocycles. The topological polar surface area (TPSA) is 29.0 Å². The first-order valence-electron chi connectivity index (χ1n) is 6.87. The molecule has 9 heteroatoms. The Hall–Kier alpha value is -2.06. The first kappa shape index (κ1) is 15.8. The van der Waals surface area contributed by atoms with E-state index in [9.17, 15) is 26.3 Å². The molecule has 0 atom stereocenters. The van der Waals surface area contributed by atoms with Crippen LogP contribution in [0.2, 0.25) is 0 Å². The van der Waals surface area contributed by atoms with Crippen LogP contribution in [-0.2, 0) is 12.4 Å². The van der Waals surface area contributed by atoms with Gasteiger partial charge >= 0.3 is 12.4 Å². The summed E-state index contributed by atoms with van der Waals surface area (Å²) in [5, 5.41) is -0.437. The minimum atomic E-state index is -4.97. The van der Waals surface area contributed by atoms with Crippen LogP contribution < -0.4 is 4.90 Å². The van der Waals surface area contributed by atoms with E-state index in [0.717, 1.165) is 18.9 Å². The SMILES string of the molecule is FC(F)(F)c1cc(C(F)(F)F)c2ccc(N3CCCC3)nc2n1. The summed E-state index contributed by atoms with van der Waals surface area (Å²) in [6.07, 6.45) is -8.08. The van der Waals surface area contributed by atoms with E-state index in [-0.39, 0.29) is 6.07 Å². The van der Waals surface area contributed by atoms with Crippen molar-refractivity contribution in [3.8, 4) is 0 Å². The van der Waals surface area contributed by atoms with E-state index < -0.39 is 34.6 Å². The van der Waals surface area contributed by atoms with Crippen LogP contribution in [-0.4, -0.2) is 23.1 Å². The highest BCUT2D eigenvalue weighted by atomic mass is 19.4. The number of hydrogen-bond donors (Lipinski definition) is 0. The van der Waals surface area contributed by atoms with Gasteiger partial charge in [0.05, 0.1) is 5.56 Å². The number of aromatic nitrogens is 2. The van der Waals surface area contributed by atoms with Crippen LogP contribution in [0.4, 0.5) is 32.2 Å². The van der Waals surface area contributed by atoms with Crippen LogP contribution in [0.3, 0.4) is 0 Å². The number of pyridine rings is 2. The maximum atomic E-state index is 13.1. The zero-order valence-electron chi connectivity index (χ0n) is 11.7. The summed E-state index contributed by atoms with van der Waals surface area (Å²) in [6.45, 7) is 1.34. The first-order chi connectivity index (χ1) is 10.7. The monoisotopic (exact) mass is 335 g/mol. The molecule has 1 saturated heterocycles. The number of nitrogens with zero attached hydrogens (tertiary/aromatic N) is 3. The maximum absolute atomic E-state index is 13.1. The maximum Gasteiger partial charge on any atom is 0.433 e. The zero-order valence-corrected chi connectivity index (χ0v) is 11.7. The van der Waals surface area contributed by atoms with Crippen LogP contribution in [0.25, 0.3) is 11.0 Å². The lowest BCUT2D eigenvalue weighted by Crippen LogP contribution is -2.19. The second kappa shape index (κ2) is 5.24. The molecule has 0 N–H and O–H groups in total. The van der Waals surface area contributed by atoms with Crippen LogP contribution in [0.5, 0.6) is 0 Å². The van der Waals surface area contributed by atoms with Crippen molar-refractivity contribution in [1.29, 1.82) is 0 Å². The van der Waals surface area contributed by atoms with Crippen LogP contribution in [0.1, 0.15) is 24.1 Å². The van der Waals surface area contributed by atoms with Gasteiger partial charge in [0.2, 0.25) is 0 Å². The van der Waals surface area contributed by atoms with E-state index in [4.69, 9.17) is 0 Å². The molecule has 0 unspecified atom stereocenters. The molecule has 3 nitrogen and oxygen atoms in total. The molecule has 1 aliphatic rings. The van der Waals surface area contributed by atoms with E-state index in [1.807, 2.05) is 4.90 Å². The third-order valence-corrected chi connectivity index (χ3v) is 3.68. The number of alkyl halides is 6. The molecule has 0 amide bonds. The molecular weight excluding hydrogens is 324 g/mol. The fraction of sp³-hybridized carbons (Fsp3) is 0.429. The normalized spacial score (nSPS) is 16.3. The Balaban J connectivity index is 2.21. The molecule has 0 spiro atoms. The van der Waals surface area contributed by atoms with Gasteiger partial charge < -0.3 is 4.90 Å². The Morgan fingerprint density at radius 1 is 0.870 bits per heavy atom.